The van der Waals surface area contributed by atoms with Gasteiger partial charge in [0, 0.05) is 16.2 Å². The Balaban J connectivity index is 1.54. The first kappa shape index (κ1) is 20.5. The van der Waals surface area contributed by atoms with Crippen molar-refractivity contribution in [3.8, 4) is 17.3 Å². The van der Waals surface area contributed by atoms with Crippen LogP contribution in [-0.4, -0.2) is 11.1 Å². The summed E-state index contributed by atoms with van der Waals surface area (Å²) in [4.78, 5) is 14.1. The molecule has 1 N–H and O–H groups in total. The second kappa shape index (κ2) is 9.33. The molecule has 5 nitrogen and oxygen atoms in total. The Kier molecular flexibility index (Phi) is 6.16. The number of amides is 1. The van der Waals surface area contributed by atoms with Crippen molar-refractivity contribution in [3.63, 3.8) is 0 Å². The largest absolute Gasteiger partial charge is 0.360 e. The molecule has 0 unspecified atom stereocenters. The molecule has 3 aromatic carbocycles. The molecule has 0 aliphatic heterocycles. The quantitative estimate of drug-likeness (QED) is 0.380. The molecule has 0 aliphatic rings. The summed E-state index contributed by atoms with van der Waals surface area (Å²) in [7, 11) is 0. The number of hydrogen-bond donors (Lipinski definition) is 1. The number of aryl methyl sites for hydroxylation is 1. The first-order chi connectivity index (χ1) is 15.2. The highest BCUT2D eigenvalue weighted by Crippen LogP contribution is 2.31. The van der Waals surface area contributed by atoms with Gasteiger partial charge in [0.1, 0.15) is 17.0 Å². The number of carbonyl (C=O) groups excluding carboxylic acids is 1. The molecule has 31 heavy (non-hydrogen) atoms. The molecular weight excluding hydrogens is 406 g/mol. The number of hydrogen-bond acceptors (Lipinski definition) is 5. The van der Waals surface area contributed by atoms with E-state index in [0.717, 1.165) is 27.5 Å². The van der Waals surface area contributed by atoms with Gasteiger partial charge < -0.3 is 9.84 Å². The van der Waals surface area contributed by atoms with Crippen LogP contribution in [0, 0.1) is 18.3 Å². The number of aromatic nitrogens is 1. The molecule has 0 saturated carbocycles. The van der Waals surface area contributed by atoms with E-state index in [0.29, 0.717) is 22.6 Å². The molecule has 4 aromatic rings. The predicted octanol–water partition coefficient (Wildman–Crippen LogP) is 6.07. The molecule has 0 spiro atoms. The summed E-state index contributed by atoms with van der Waals surface area (Å²) in [6.07, 6.45) is 0. The summed E-state index contributed by atoms with van der Waals surface area (Å²) in [5, 5.41) is 16.1. The highest BCUT2D eigenvalue weighted by atomic mass is 32.2. The molecule has 0 radical (unpaired) electrons. The van der Waals surface area contributed by atoms with E-state index in [4.69, 9.17) is 9.78 Å². The number of rotatable bonds is 6. The Bertz CT molecular complexity index is 1240. The zero-order valence-electron chi connectivity index (χ0n) is 16.8. The lowest BCUT2D eigenvalue weighted by atomic mass is 10.1. The van der Waals surface area contributed by atoms with Crippen molar-refractivity contribution in [1.82, 2.24) is 5.16 Å². The summed E-state index contributed by atoms with van der Waals surface area (Å²) >= 11 is 1.62. The van der Waals surface area contributed by atoms with E-state index in [2.05, 4.69) is 16.5 Å². The molecule has 1 aromatic heterocycles. The van der Waals surface area contributed by atoms with Crippen LogP contribution in [0.3, 0.4) is 0 Å². The number of nitrogens with one attached hydrogen (secondary N) is 1. The van der Waals surface area contributed by atoms with Crippen molar-refractivity contribution >= 4 is 23.4 Å². The molecule has 0 atom stereocenters. The first-order valence-corrected chi connectivity index (χ1v) is 10.7. The van der Waals surface area contributed by atoms with Gasteiger partial charge in [0.15, 0.2) is 0 Å². The molecule has 152 valence electrons. The number of para-hydroxylation sites is 1. The second-order valence-electron chi connectivity index (χ2n) is 6.88. The van der Waals surface area contributed by atoms with Crippen LogP contribution in [0.1, 0.15) is 27.2 Å². The van der Waals surface area contributed by atoms with Crippen molar-refractivity contribution < 1.29 is 9.32 Å². The topological polar surface area (TPSA) is 78.9 Å². The van der Waals surface area contributed by atoms with Crippen molar-refractivity contribution in [3.05, 3.63) is 101 Å². The molecule has 6 heteroatoms. The highest BCUT2D eigenvalue weighted by molar-refractivity contribution is 7.98. The predicted molar refractivity (Wildman–Crippen MR) is 122 cm³/mol. The molecule has 1 heterocycles. The van der Waals surface area contributed by atoms with Gasteiger partial charge in [-0.1, -0.05) is 59.8 Å². The summed E-state index contributed by atoms with van der Waals surface area (Å²) < 4.78 is 5.32. The summed E-state index contributed by atoms with van der Waals surface area (Å²) in [6.45, 7) is 1.74. The van der Waals surface area contributed by atoms with Crippen molar-refractivity contribution in [1.29, 1.82) is 5.26 Å². The normalized spacial score (nSPS) is 10.5. The lowest BCUT2D eigenvalue weighted by Gasteiger charge is -2.11. The van der Waals surface area contributed by atoms with E-state index in [1.807, 2.05) is 78.9 Å². The minimum atomic E-state index is -0.260. The maximum absolute atomic E-state index is 13.1. The Morgan fingerprint density at radius 2 is 1.74 bits per heavy atom. The van der Waals surface area contributed by atoms with Crippen LogP contribution in [0.25, 0.3) is 11.3 Å². The standard InChI is InChI=1S/C25H19N3O2S/c1-17-23(24(28-30-17)20-7-3-2-4-8-20)25(29)27-21-9-5-6-10-22(21)31-16-19-13-11-18(15-26)12-14-19/h2-14H,16H2,1H3,(H,27,29). The Morgan fingerprint density at radius 3 is 2.48 bits per heavy atom. The third-order valence-electron chi connectivity index (χ3n) is 4.75. The molecule has 0 aliphatic carbocycles. The number of nitriles is 1. The van der Waals surface area contributed by atoms with Crippen LogP contribution in [-0.2, 0) is 5.75 Å². The zero-order chi connectivity index (χ0) is 21.6. The van der Waals surface area contributed by atoms with Gasteiger partial charge >= 0.3 is 0 Å². The van der Waals surface area contributed by atoms with Crippen LogP contribution in [0.2, 0.25) is 0 Å². The number of nitrogens with zero attached hydrogens (tertiary/aromatic N) is 2. The molecule has 4 rings (SSSR count). The number of benzene rings is 3. The average Bonchev–Trinajstić information content (AvgIpc) is 3.21. The minimum Gasteiger partial charge on any atom is -0.360 e. The Labute approximate surface area is 184 Å². The van der Waals surface area contributed by atoms with E-state index in [1.165, 1.54) is 0 Å². The number of thioether (sulfide) groups is 1. The summed E-state index contributed by atoms with van der Waals surface area (Å²) in [5.41, 5.74) is 4.25. The molecule has 0 saturated heterocycles. The van der Waals surface area contributed by atoms with Gasteiger partial charge in [-0.2, -0.15) is 5.26 Å². The maximum Gasteiger partial charge on any atom is 0.261 e. The van der Waals surface area contributed by atoms with E-state index in [1.54, 1.807) is 18.7 Å². The summed E-state index contributed by atoms with van der Waals surface area (Å²) in [6, 6.07) is 26.8. The van der Waals surface area contributed by atoms with Crippen molar-refractivity contribution in [2.24, 2.45) is 0 Å². The lowest BCUT2D eigenvalue weighted by molar-refractivity contribution is 0.102. The van der Waals surface area contributed by atoms with E-state index in [9.17, 15) is 4.79 Å². The van der Waals surface area contributed by atoms with Gasteiger partial charge in [-0.3, -0.25) is 4.79 Å². The molecule has 0 bridgehead atoms. The maximum atomic E-state index is 13.1. The third kappa shape index (κ3) is 4.68. The molecule has 0 fully saturated rings. The third-order valence-corrected chi connectivity index (χ3v) is 5.89. The van der Waals surface area contributed by atoms with Crippen molar-refractivity contribution in [2.75, 3.05) is 5.32 Å². The minimum absolute atomic E-state index is 0.260. The van der Waals surface area contributed by atoms with Crippen molar-refractivity contribution in [2.45, 2.75) is 17.6 Å². The smallest absolute Gasteiger partial charge is 0.261 e. The van der Waals surface area contributed by atoms with Gasteiger partial charge in [-0.15, -0.1) is 11.8 Å². The fourth-order valence-electron chi connectivity index (χ4n) is 3.15. The number of carbonyl (C=O) groups is 1. The van der Waals surface area contributed by atoms with Crippen LogP contribution in [0.15, 0.2) is 88.3 Å². The second-order valence-corrected chi connectivity index (χ2v) is 7.89. The van der Waals surface area contributed by atoms with Gasteiger partial charge in [0.2, 0.25) is 0 Å². The highest BCUT2D eigenvalue weighted by Gasteiger charge is 2.22. The van der Waals surface area contributed by atoms with Gasteiger partial charge in [0.05, 0.1) is 17.3 Å². The molecule has 1 amide bonds. The van der Waals surface area contributed by atoms with E-state index < -0.39 is 0 Å². The Morgan fingerprint density at radius 1 is 1.03 bits per heavy atom. The summed E-state index contributed by atoms with van der Waals surface area (Å²) in [5.74, 6) is 0.934. The van der Waals surface area contributed by atoms with E-state index in [-0.39, 0.29) is 5.91 Å². The zero-order valence-corrected chi connectivity index (χ0v) is 17.6. The number of anilines is 1. The average molecular weight is 426 g/mol. The van der Waals surface area contributed by atoms with Gasteiger partial charge in [0.25, 0.3) is 5.91 Å². The lowest BCUT2D eigenvalue weighted by Crippen LogP contribution is -2.14. The fourth-order valence-corrected chi connectivity index (χ4v) is 4.11. The van der Waals surface area contributed by atoms with Crippen LogP contribution >= 0.6 is 11.8 Å². The fraction of sp³-hybridized carbons (Fsp3) is 0.0800. The van der Waals surface area contributed by atoms with Gasteiger partial charge in [-0.05, 0) is 36.8 Å². The Hall–Kier alpha value is -3.82. The van der Waals surface area contributed by atoms with Crippen LogP contribution < -0.4 is 5.32 Å². The monoisotopic (exact) mass is 425 g/mol. The SMILES string of the molecule is Cc1onc(-c2ccccc2)c1C(=O)Nc1ccccc1SCc1ccc(C#N)cc1. The van der Waals surface area contributed by atoms with Gasteiger partial charge in [-0.25, -0.2) is 0 Å². The molecular formula is C25H19N3O2S. The van der Waals surface area contributed by atoms with Crippen LogP contribution in [0.5, 0.6) is 0 Å². The van der Waals surface area contributed by atoms with E-state index >= 15 is 0 Å². The van der Waals surface area contributed by atoms with Crippen LogP contribution in [0.4, 0.5) is 5.69 Å². The first-order valence-electron chi connectivity index (χ1n) is 9.69.